The summed E-state index contributed by atoms with van der Waals surface area (Å²) in [5.41, 5.74) is 0. The van der Waals surface area contributed by atoms with E-state index in [1.165, 1.54) is 10.4 Å². The fourth-order valence-electron chi connectivity index (χ4n) is 1.49. The van der Waals surface area contributed by atoms with Crippen LogP contribution in [0.15, 0.2) is 16.3 Å². The molecule has 2 rings (SSSR count). The standard InChI is InChI=1S/C8H10ClNO3S2/c9-7-1-2-8(14-7)15(12,13)10-4-3-6(11)5-10/h1-2,6,11H,3-5H2/t6-/m0/s1. The minimum atomic E-state index is -3.44. The van der Waals surface area contributed by atoms with Gasteiger partial charge in [0.05, 0.1) is 10.4 Å². The lowest BCUT2D eigenvalue weighted by atomic mass is 10.3. The Morgan fingerprint density at radius 1 is 1.53 bits per heavy atom. The molecule has 15 heavy (non-hydrogen) atoms. The SMILES string of the molecule is O=S(=O)(c1ccc(Cl)s1)N1CC[C@H](O)C1. The summed E-state index contributed by atoms with van der Waals surface area (Å²) in [7, 11) is -3.44. The van der Waals surface area contributed by atoms with E-state index in [9.17, 15) is 13.5 Å². The zero-order chi connectivity index (χ0) is 11.1. The monoisotopic (exact) mass is 267 g/mol. The first-order chi connectivity index (χ1) is 7.00. The number of sulfonamides is 1. The molecule has 84 valence electrons. The molecule has 0 unspecified atom stereocenters. The molecule has 1 aliphatic rings. The van der Waals surface area contributed by atoms with E-state index >= 15 is 0 Å². The summed E-state index contributed by atoms with van der Waals surface area (Å²) in [4.78, 5) is 0. The smallest absolute Gasteiger partial charge is 0.252 e. The molecule has 7 heteroatoms. The molecule has 4 nitrogen and oxygen atoms in total. The molecule has 1 N–H and O–H groups in total. The molecule has 0 bridgehead atoms. The molecule has 1 atom stereocenters. The maximum atomic E-state index is 12.0. The van der Waals surface area contributed by atoms with Gasteiger partial charge < -0.3 is 5.11 Å². The van der Waals surface area contributed by atoms with Crippen LogP contribution in [-0.2, 0) is 10.0 Å². The number of halogens is 1. The molecule has 1 aliphatic heterocycles. The van der Waals surface area contributed by atoms with Gasteiger partial charge in [0.1, 0.15) is 4.21 Å². The van der Waals surface area contributed by atoms with Gasteiger partial charge in [-0.1, -0.05) is 11.6 Å². The number of aliphatic hydroxyl groups is 1. The van der Waals surface area contributed by atoms with Gasteiger partial charge in [0, 0.05) is 13.1 Å². The van der Waals surface area contributed by atoms with E-state index in [1.807, 2.05) is 0 Å². The van der Waals surface area contributed by atoms with Crippen molar-refractivity contribution in [3.8, 4) is 0 Å². The summed E-state index contributed by atoms with van der Waals surface area (Å²) in [6.45, 7) is 0.552. The average Bonchev–Trinajstić information content (AvgIpc) is 2.74. The average molecular weight is 268 g/mol. The Balaban J connectivity index is 2.27. The van der Waals surface area contributed by atoms with Gasteiger partial charge in [-0.25, -0.2) is 8.42 Å². The zero-order valence-electron chi connectivity index (χ0n) is 7.76. The van der Waals surface area contributed by atoms with Crippen molar-refractivity contribution in [3.63, 3.8) is 0 Å². The van der Waals surface area contributed by atoms with Crippen LogP contribution in [0.25, 0.3) is 0 Å². The Kier molecular flexibility index (Phi) is 3.05. The van der Waals surface area contributed by atoms with Crippen LogP contribution in [0.4, 0.5) is 0 Å². The van der Waals surface area contributed by atoms with Gasteiger partial charge in [-0.3, -0.25) is 0 Å². The lowest BCUT2D eigenvalue weighted by molar-refractivity contribution is 0.189. The molecule has 1 fully saturated rings. The highest BCUT2D eigenvalue weighted by Crippen LogP contribution is 2.29. The number of nitrogens with zero attached hydrogens (tertiary/aromatic N) is 1. The Morgan fingerprint density at radius 3 is 2.73 bits per heavy atom. The van der Waals surface area contributed by atoms with Gasteiger partial charge in [-0.05, 0) is 18.6 Å². The first kappa shape index (κ1) is 11.3. The number of β-amino-alcohol motifs (C(OH)–C–C–N with tert-alkyl or cyclic N) is 1. The first-order valence-electron chi connectivity index (χ1n) is 4.44. The normalized spacial score (nSPS) is 23.5. The van der Waals surface area contributed by atoms with Crippen molar-refractivity contribution in [3.05, 3.63) is 16.5 Å². The third-order valence-corrected chi connectivity index (χ3v) is 5.83. The van der Waals surface area contributed by atoms with E-state index in [-0.39, 0.29) is 10.8 Å². The molecule has 0 saturated carbocycles. The Labute approximate surface area is 97.1 Å². The maximum absolute atomic E-state index is 12.0. The van der Waals surface area contributed by atoms with Crippen LogP contribution < -0.4 is 0 Å². The molecule has 1 aromatic heterocycles. The van der Waals surface area contributed by atoms with Crippen molar-refractivity contribution in [2.75, 3.05) is 13.1 Å². The summed E-state index contributed by atoms with van der Waals surface area (Å²) in [6.07, 6.45) is -0.0478. The van der Waals surface area contributed by atoms with Crippen molar-refractivity contribution in [2.45, 2.75) is 16.7 Å². The summed E-state index contributed by atoms with van der Waals surface area (Å²) in [6, 6.07) is 3.05. The quantitative estimate of drug-likeness (QED) is 0.875. The lowest BCUT2D eigenvalue weighted by Gasteiger charge is -2.13. The van der Waals surface area contributed by atoms with Gasteiger partial charge in [0.2, 0.25) is 0 Å². The Hall–Kier alpha value is -0.140. The van der Waals surface area contributed by atoms with Crippen LogP contribution in [0, 0.1) is 0 Å². The highest BCUT2D eigenvalue weighted by Gasteiger charge is 2.32. The highest BCUT2D eigenvalue weighted by molar-refractivity contribution is 7.91. The van der Waals surface area contributed by atoms with Crippen molar-refractivity contribution in [2.24, 2.45) is 0 Å². The largest absolute Gasteiger partial charge is 0.392 e. The summed E-state index contributed by atoms with van der Waals surface area (Å²) >= 11 is 6.72. The number of hydrogen-bond acceptors (Lipinski definition) is 4. The van der Waals surface area contributed by atoms with Crippen LogP contribution in [0.3, 0.4) is 0 Å². The van der Waals surface area contributed by atoms with Crippen molar-refractivity contribution < 1.29 is 13.5 Å². The van der Waals surface area contributed by atoms with E-state index in [2.05, 4.69) is 0 Å². The van der Waals surface area contributed by atoms with Crippen LogP contribution >= 0.6 is 22.9 Å². The van der Waals surface area contributed by atoms with Gasteiger partial charge in [0.15, 0.2) is 0 Å². The Morgan fingerprint density at radius 2 is 2.27 bits per heavy atom. The van der Waals surface area contributed by atoms with Gasteiger partial charge in [-0.15, -0.1) is 11.3 Å². The fourth-order valence-corrected chi connectivity index (χ4v) is 4.62. The van der Waals surface area contributed by atoms with Crippen molar-refractivity contribution in [1.29, 1.82) is 0 Å². The van der Waals surface area contributed by atoms with E-state index in [0.29, 0.717) is 17.3 Å². The molecule has 0 radical (unpaired) electrons. The third kappa shape index (κ3) is 2.19. The minimum Gasteiger partial charge on any atom is -0.392 e. The number of aliphatic hydroxyl groups excluding tert-OH is 1. The molecule has 2 heterocycles. The zero-order valence-corrected chi connectivity index (χ0v) is 10.1. The van der Waals surface area contributed by atoms with Gasteiger partial charge in [0.25, 0.3) is 10.0 Å². The molecule has 1 saturated heterocycles. The van der Waals surface area contributed by atoms with Crippen LogP contribution in [0.1, 0.15) is 6.42 Å². The van der Waals surface area contributed by atoms with E-state index in [0.717, 1.165) is 11.3 Å². The predicted molar refractivity (Wildman–Crippen MR) is 58.7 cm³/mol. The van der Waals surface area contributed by atoms with Crippen LogP contribution in [0.2, 0.25) is 4.34 Å². The molecule has 1 aromatic rings. The molecule has 0 spiro atoms. The topological polar surface area (TPSA) is 57.6 Å². The third-order valence-electron chi connectivity index (χ3n) is 2.27. The predicted octanol–water partition coefficient (Wildman–Crippen LogP) is 1.16. The maximum Gasteiger partial charge on any atom is 0.252 e. The fraction of sp³-hybridized carbons (Fsp3) is 0.500. The first-order valence-corrected chi connectivity index (χ1v) is 7.07. The molecular weight excluding hydrogens is 258 g/mol. The van der Waals surface area contributed by atoms with Crippen molar-refractivity contribution >= 4 is 33.0 Å². The van der Waals surface area contributed by atoms with Crippen LogP contribution in [0.5, 0.6) is 0 Å². The van der Waals surface area contributed by atoms with Gasteiger partial charge >= 0.3 is 0 Å². The molecule has 0 aromatic carbocycles. The number of thiophene rings is 1. The molecule has 0 aliphatic carbocycles. The van der Waals surface area contributed by atoms with E-state index < -0.39 is 16.1 Å². The molecular formula is C8H10ClNO3S2. The summed E-state index contributed by atoms with van der Waals surface area (Å²) < 4.78 is 25.9. The number of hydrogen-bond donors (Lipinski definition) is 1. The second kappa shape index (κ2) is 4.03. The van der Waals surface area contributed by atoms with Crippen LogP contribution in [-0.4, -0.2) is 37.0 Å². The summed E-state index contributed by atoms with van der Waals surface area (Å²) in [5.74, 6) is 0. The minimum absolute atomic E-state index is 0.178. The van der Waals surface area contributed by atoms with E-state index in [4.69, 9.17) is 11.6 Å². The second-order valence-electron chi connectivity index (χ2n) is 3.36. The van der Waals surface area contributed by atoms with Gasteiger partial charge in [-0.2, -0.15) is 4.31 Å². The number of rotatable bonds is 2. The lowest BCUT2D eigenvalue weighted by Crippen LogP contribution is -2.29. The highest BCUT2D eigenvalue weighted by atomic mass is 35.5. The second-order valence-corrected chi connectivity index (χ2v) is 7.24. The molecule has 0 amide bonds. The Bertz CT molecular complexity index is 456. The van der Waals surface area contributed by atoms with Crippen molar-refractivity contribution in [1.82, 2.24) is 4.31 Å². The van der Waals surface area contributed by atoms with E-state index in [1.54, 1.807) is 6.07 Å². The summed E-state index contributed by atoms with van der Waals surface area (Å²) in [5, 5.41) is 9.29.